The van der Waals surface area contributed by atoms with Gasteiger partial charge >= 0.3 is 17.9 Å². The first-order valence-corrected chi connectivity index (χ1v) is 13.6. The Morgan fingerprint density at radius 3 is 2.44 bits per heavy atom. The highest BCUT2D eigenvalue weighted by molar-refractivity contribution is 6.01. The summed E-state index contributed by atoms with van der Waals surface area (Å²) in [7, 11) is 0. The van der Waals surface area contributed by atoms with Gasteiger partial charge in [-0.3, -0.25) is 14.4 Å². The molecule has 0 aromatic heterocycles. The molecule has 9 nitrogen and oxygen atoms in total. The minimum absolute atomic E-state index is 0.0643. The van der Waals surface area contributed by atoms with Crippen molar-refractivity contribution in [1.82, 2.24) is 0 Å². The van der Waals surface area contributed by atoms with Gasteiger partial charge in [-0.15, -0.1) is 0 Å². The molecule has 4 unspecified atom stereocenters. The second-order valence-electron chi connectivity index (χ2n) is 11.9. The Kier molecular flexibility index (Phi) is 8.68. The molecular formula is C30H42O9. The number of carbonyl (C=O) groups is 4. The average molecular weight is 547 g/mol. The molecule has 2 aliphatic carbocycles. The number of aliphatic hydroxyl groups is 2. The van der Waals surface area contributed by atoms with E-state index in [1.54, 1.807) is 40.7 Å². The lowest BCUT2D eigenvalue weighted by Gasteiger charge is -2.60. The van der Waals surface area contributed by atoms with Crippen LogP contribution in [0.1, 0.15) is 73.6 Å². The number of aliphatic hydroxyl groups excluding tert-OH is 1. The van der Waals surface area contributed by atoms with Crippen molar-refractivity contribution in [3.8, 4) is 0 Å². The quantitative estimate of drug-likeness (QED) is 0.203. The lowest BCUT2D eigenvalue weighted by Crippen LogP contribution is -2.65. The molecule has 2 N–H and O–H groups in total. The van der Waals surface area contributed by atoms with Gasteiger partial charge in [-0.1, -0.05) is 52.5 Å². The highest BCUT2D eigenvalue weighted by Gasteiger charge is 2.66. The van der Waals surface area contributed by atoms with Gasteiger partial charge in [0.05, 0.1) is 12.3 Å². The Morgan fingerprint density at radius 1 is 1.26 bits per heavy atom. The predicted molar refractivity (Wildman–Crippen MR) is 142 cm³/mol. The van der Waals surface area contributed by atoms with E-state index in [9.17, 15) is 29.4 Å². The van der Waals surface area contributed by atoms with Crippen LogP contribution in [0.25, 0.3) is 0 Å². The van der Waals surface area contributed by atoms with Gasteiger partial charge in [0.1, 0.15) is 30.5 Å². The summed E-state index contributed by atoms with van der Waals surface area (Å²) in [5.41, 5.74) is -3.28. The summed E-state index contributed by atoms with van der Waals surface area (Å²) >= 11 is 0. The van der Waals surface area contributed by atoms with Crippen LogP contribution in [0.2, 0.25) is 0 Å². The highest BCUT2D eigenvalue weighted by Crippen LogP contribution is 2.62. The standard InChI is InChI=1S/C30H42O9/c1-9-16(3)26(34)38-20-12-11-18(5)29(8)24(20)28(7,19(6)23(32)25(29)33)13-21(39-27(35)17(4)10-2)30(36)14-22(31)37-15-30/h10,16,20-21,24-25,33,36H,5-6,9,11-15H2,1-4,7-8H3/b17-10+/t16?,20?,21?,24-,25+,28+,29+,30?/m1/s1. The smallest absolute Gasteiger partial charge is 0.333 e. The zero-order chi connectivity index (χ0) is 29.5. The largest absolute Gasteiger partial charge is 0.462 e. The van der Waals surface area contributed by atoms with Gasteiger partial charge in [0.15, 0.2) is 5.78 Å². The predicted octanol–water partition coefficient (Wildman–Crippen LogP) is 3.37. The van der Waals surface area contributed by atoms with E-state index >= 15 is 0 Å². The van der Waals surface area contributed by atoms with E-state index in [-0.39, 0.29) is 17.9 Å². The van der Waals surface area contributed by atoms with Crippen molar-refractivity contribution < 1.29 is 43.6 Å². The molecule has 9 heteroatoms. The van der Waals surface area contributed by atoms with Gasteiger partial charge < -0.3 is 24.4 Å². The monoisotopic (exact) mass is 546 g/mol. The third-order valence-corrected chi connectivity index (χ3v) is 9.43. The number of Topliss-reactive ketones (excluding diaryl/α,β-unsaturated/α-hetero) is 1. The SMILES string of the molecule is C=C1CCC(OC(=O)C(C)CC)[C@H]2[C@@]1(C)[C@@H](O)C(=O)C(=C)[C@]2(C)CC(OC(=O)/C(C)=C/C)C1(O)COC(=O)C1. The van der Waals surface area contributed by atoms with E-state index < -0.39 is 77.4 Å². The fourth-order valence-electron chi connectivity index (χ4n) is 6.34. The van der Waals surface area contributed by atoms with Crippen LogP contribution in [0.3, 0.4) is 0 Å². The Hall–Kier alpha value is -2.78. The van der Waals surface area contributed by atoms with Gasteiger partial charge in [-0.2, -0.15) is 0 Å². The summed E-state index contributed by atoms with van der Waals surface area (Å²) in [6.45, 7) is 18.2. The second-order valence-corrected chi connectivity index (χ2v) is 11.9. The normalized spacial score (nSPS) is 36.6. The molecule has 1 aliphatic heterocycles. The van der Waals surface area contributed by atoms with E-state index in [1.165, 1.54) is 0 Å². The van der Waals surface area contributed by atoms with Crippen LogP contribution >= 0.6 is 0 Å². The number of ether oxygens (including phenoxy) is 3. The summed E-state index contributed by atoms with van der Waals surface area (Å²) in [6.07, 6.45) is -1.00. The number of allylic oxidation sites excluding steroid dienone is 1. The van der Waals surface area contributed by atoms with Gasteiger partial charge in [0, 0.05) is 22.3 Å². The van der Waals surface area contributed by atoms with Crippen molar-refractivity contribution in [2.75, 3.05) is 6.61 Å². The summed E-state index contributed by atoms with van der Waals surface area (Å²) in [4.78, 5) is 51.4. The van der Waals surface area contributed by atoms with Crippen LogP contribution in [0.15, 0.2) is 36.0 Å². The third-order valence-electron chi connectivity index (χ3n) is 9.43. The number of ketones is 1. The molecular weight excluding hydrogens is 504 g/mol. The second kappa shape index (κ2) is 11.0. The first kappa shape index (κ1) is 30.8. The lowest BCUT2D eigenvalue weighted by atomic mass is 9.45. The zero-order valence-electron chi connectivity index (χ0n) is 23.9. The Morgan fingerprint density at radius 2 is 1.90 bits per heavy atom. The maximum Gasteiger partial charge on any atom is 0.333 e. The third kappa shape index (κ3) is 5.23. The molecule has 0 aromatic carbocycles. The van der Waals surface area contributed by atoms with Crippen molar-refractivity contribution in [2.45, 2.75) is 97.6 Å². The Labute approximate surface area is 230 Å². The molecule has 3 aliphatic rings. The molecule has 0 radical (unpaired) electrons. The van der Waals surface area contributed by atoms with Crippen molar-refractivity contribution in [3.05, 3.63) is 36.0 Å². The minimum atomic E-state index is -1.85. The number of rotatable bonds is 8. The Bertz CT molecular complexity index is 1110. The van der Waals surface area contributed by atoms with Gasteiger partial charge in [-0.25, -0.2) is 4.79 Å². The average Bonchev–Trinajstić information content (AvgIpc) is 3.26. The van der Waals surface area contributed by atoms with Crippen LogP contribution in [0.4, 0.5) is 0 Å². The van der Waals surface area contributed by atoms with Crippen molar-refractivity contribution in [2.24, 2.45) is 22.7 Å². The summed E-state index contributed by atoms with van der Waals surface area (Å²) in [5.74, 6) is -3.36. The minimum Gasteiger partial charge on any atom is -0.462 e. The summed E-state index contributed by atoms with van der Waals surface area (Å²) in [6, 6.07) is 0. The van der Waals surface area contributed by atoms with E-state index in [4.69, 9.17) is 14.2 Å². The van der Waals surface area contributed by atoms with Crippen molar-refractivity contribution in [3.63, 3.8) is 0 Å². The number of hydrogen-bond donors (Lipinski definition) is 2. The fraction of sp³-hybridized carbons (Fsp3) is 0.667. The molecule has 0 spiro atoms. The maximum atomic E-state index is 13.5. The van der Waals surface area contributed by atoms with Gasteiger partial charge in [0.2, 0.25) is 0 Å². The molecule has 2 saturated carbocycles. The van der Waals surface area contributed by atoms with E-state index in [2.05, 4.69) is 13.2 Å². The molecule has 1 heterocycles. The fourth-order valence-corrected chi connectivity index (χ4v) is 6.34. The van der Waals surface area contributed by atoms with Gasteiger partial charge in [0.25, 0.3) is 0 Å². The molecule has 39 heavy (non-hydrogen) atoms. The molecule has 0 bridgehead atoms. The van der Waals surface area contributed by atoms with Crippen LogP contribution in [0.5, 0.6) is 0 Å². The van der Waals surface area contributed by atoms with Crippen LogP contribution in [-0.4, -0.2) is 64.4 Å². The zero-order valence-corrected chi connectivity index (χ0v) is 23.9. The van der Waals surface area contributed by atoms with E-state index in [1.807, 2.05) is 6.92 Å². The number of cyclic esters (lactones) is 1. The van der Waals surface area contributed by atoms with E-state index in [0.29, 0.717) is 30.4 Å². The van der Waals surface area contributed by atoms with E-state index in [0.717, 1.165) is 0 Å². The molecule has 0 amide bonds. The first-order valence-electron chi connectivity index (χ1n) is 13.6. The molecule has 8 atom stereocenters. The molecule has 1 saturated heterocycles. The number of carbonyl (C=O) groups excluding carboxylic acids is 4. The highest BCUT2D eigenvalue weighted by atomic mass is 16.6. The van der Waals surface area contributed by atoms with Crippen LogP contribution in [-0.2, 0) is 33.4 Å². The lowest BCUT2D eigenvalue weighted by molar-refractivity contribution is -0.188. The number of esters is 3. The topological polar surface area (TPSA) is 136 Å². The molecule has 3 fully saturated rings. The summed E-state index contributed by atoms with van der Waals surface area (Å²) < 4.78 is 16.9. The van der Waals surface area contributed by atoms with Gasteiger partial charge in [-0.05, 0) is 45.1 Å². The maximum absolute atomic E-state index is 13.5. The number of hydrogen-bond acceptors (Lipinski definition) is 9. The van der Waals surface area contributed by atoms with Crippen LogP contribution < -0.4 is 0 Å². The molecule has 0 aromatic rings. The van der Waals surface area contributed by atoms with Crippen molar-refractivity contribution >= 4 is 23.7 Å². The first-order chi connectivity index (χ1) is 18.1. The molecule has 3 rings (SSSR count). The number of fused-ring (bicyclic) bond motifs is 1. The summed E-state index contributed by atoms with van der Waals surface area (Å²) in [5, 5.41) is 22.8. The van der Waals surface area contributed by atoms with Crippen molar-refractivity contribution in [1.29, 1.82) is 0 Å². The molecule has 216 valence electrons. The Balaban J connectivity index is 2.15. The van der Waals surface area contributed by atoms with Crippen LogP contribution in [0, 0.1) is 22.7 Å².